The summed E-state index contributed by atoms with van der Waals surface area (Å²) in [5, 5.41) is 8.52. The lowest BCUT2D eigenvalue weighted by Gasteiger charge is -2.32. The first-order valence-electron chi connectivity index (χ1n) is 6.58. The quantitative estimate of drug-likeness (QED) is 0.744. The molecule has 0 N–H and O–H groups in total. The Morgan fingerprint density at radius 1 is 1.06 bits per heavy atom. The van der Waals surface area contributed by atoms with Crippen molar-refractivity contribution in [2.24, 2.45) is 0 Å². The SMILES string of the molecule is CC1(C)OB(c2ccc(C3CC3)nn2)OC1(C)C. The Morgan fingerprint density at radius 2 is 1.67 bits per heavy atom. The van der Waals surface area contributed by atoms with Gasteiger partial charge in [-0.05, 0) is 52.7 Å². The van der Waals surface area contributed by atoms with Crippen molar-refractivity contribution in [2.75, 3.05) is 0 Å². The Morgan fingerprint density at radius 3 is 2.11 bits per heavy atom. The first-order chi connectivity index (χ1) is 8.39. The maximum absolute atomic E-state index is 5.94. The van der Waals surface area contributed by atoms with Crippen LogP contribution in [0, 0.1) is 0 Å². The van der Waals surface area contributed by atoms with Crippen LogP contribution in [-0.2, 0) is 9.31 Å². The van der Waals surface area contributed by atoms with E-state index in [9.17, 15) is 0 Å². The van der Waals surface area contributed by atoms with Gasteiger partial charge in [-0.25, -0.2) is 0 Å². The minimum absolute atomic E-state index is 0.325. The third kappa shape index (κ3) is 1.95. The monoisotopic (exact) mass is 246 g/mol. The van der Waals surface area contributed by atoms with Crippen LogP contribution in [0.25, 0.3) is 0 Å². The molecule has 96 valence electrons. The first kappa shape index (κ1) is 12.1. The third-order valence-corrected chi connectivity index (χ3v) is 4.20. The molecule has 1 aromatic rings. The van der Waals surface area contributed by atoms with Gasteiger partial charge in [0, 0.05) is 5.92 Å². The molecule has 1 aliphatic heterocycles. The first-order valence-corrected chi connectivity index (χ1v) is 6.58. The molecular weight excluding hydrogens is 227 g/mol. The Labute approximate surface area is 108 Å². The molecule has 1 saturated heterocycles. The van der Waals surface area contributed by atoms with Crippen LogP contribution in [0.2, 0.25) is 0 Å². The van der Waals surface area contributed by atoms with Gasteiger partial charge in [0.2, 0.25) is 0 Å². The highest BCUT2D eigenvalue weighted by Crippen LogP contribution is 2.39. The molecule has 2 heterocycles. The molecule has 3 rings (SSSR count). The number of rotatable bonds is 2. The molecular formula is C13H19BN2O2. The van der Waals surface area contributed by atoms with Gasteiger partial charge in [-0.1, -0.05) is 0 Å². The van der Waals surface area contributed by atoms with E-state index in [0.717, 1.165) is 11.3 Å². The average molecular weight is 246 g/mol. The fraction of sp³-hybridized carbons (Fsp3) is 0.692. The maximum atomic E-state index is 5.94. The number of nitrogens with zero attached hydrogens (tertiary/aromatic N) is 2. The Balaban J connectivity index is 1.79. The lowest BCUT2D eigenvalue weighted by Crippen LogP contribution is -2.41. The summed E-state index contributed by atoms with van der Waals surface area (Å²) in [6.07, 6.45) is 2.48. The van der Waals surface area contributed by atoms with Crippen LogP contribution < -0.4 is 5.59 Å². The minimum atomic E-state index is -0.407. The summed E-state index contributed by atoms with van der Waals surface area (Å²) in [5.41, 5.74) is 1.21. The fourth-order valence-electron chi connectivity index (χ4n) is 2.04. The van der Waals surface area contributed by atoms with Gasteiger partial charge >= 0.3 is 7.12 Å². The van der Waals surface area contributed by atoms with Gasteiger partial charge < -0.3 is 9.31 Å². The van der Waals surface area contributed by atoms with Crippen molar-refractivity contribution >= 4 is 12.7 Å². The molecule has 1 aliphatic carbocycles. The van der Waals surface area contributed by atoms with Crippen molar-refractivity contribution in [3.05, 3.63) is 17.8 Å². The minimum Gasteiger partial charge on any atom is -0.398 e. The average Bonchev–Trinajstić information content (AvgIpc) is 3.08. The van der Waals surface area contributed by atoms with E-state index in [1.165, 1.54) is 12.8 Å². The Kier molecular flexibility index (Phi) is 2.54. The van der Waals surface area contributed by atoms with Gasteiger partial charge in [-0.3, -0.25) is 0 Å². The lowest BCUT2D eigenvalue weighted by molar-refractivity contribution is 0.00578. The van der Waals surface area contributed by atoms with Crippen LogP contribution >= 0.6 is 0 Å². The van der Waals surface area contributed by atoms with Gasteiger partial charge in [0.1, 0.15) is 0 Å². The zero-order chi connectivity index (χ0) is 13.0. The zero-order valence-electron chi connectivity index (χ0n) is 11.4. The van der Waals surface area contributed by atoms with E-state index in [1.807, 2.05) is 39.8 Å². The molecule has 4 nitrogen and oxygen atoms in total. The molecule has 2 aliphatic rings. The van der Waals surface area contributed by atoms with Crippen molar-refractivity contribution in [3.8, 4) is 0 Å². The fourth-order valence-corrected chi connectivity index (χ4v) is 2.04. The topological polar surface area (TPSA) is 44.2 Å². The van der Waals surface area contributed by atoms with E-state index in [4.69, 9.17) is 9.31 Å². The zero-order valence-corrected chi connectivity index (χ0v) is 11.4. The molecule has 0 amide bonds. The third-order valence-electron chi connectivity index (χ3n) is 4.20. The van der Waals surface area contributed by atoms with Crippen LogP contribution in [0.4, 0.5) is 0 Å². The normalized spacial score (nSPS) is 25.4. The molecule has 5 heteroatoms. The van der Waals surface area contributed by atoms with Crippen molar-refractivity contribution in [3.63, 3.8) is 0 Å². The van der Waals surface area contributed by atoms with E-state index in [-0.39, 0.29) is 11.2 Å². The van der Waals surface area contributed by atoms with Crippen molar-refractivity contribution < 1.29 is 9.31 Å². The summed E-state index contributed by atoms with van der Waals surface area (Å²) in [5.74, 6) is 0.629. The van der Waals surface area contributed by atoms with E-state index >= 15 is 0 Å². The molecule has 2 fully saturated rings. The van der Waals surface area contributed by atoms with Crippen LogP contribution in [0.15, 0.2) is 12.1 Å². The molecule has 0 aromatic carbocycles. The second-order valence-corrected chi connectivity index (χ2v) is 6.25. The highest BCUT2D eigenvalue weighted by Gasteiger charge is 2.52. The molecule has 18 heavy (non-hydrogen) atoms. The molecule has 0 unspecified atom stereocenters. The van der Waals surface area contributed by atoms with Crippen molar-refractivity contribution in [2.45, 2.75) is 57.7 Å². The van der Waals surface area contributed by atoms with Gasteiger partial charge in [-0.2, -0.15) is 10.2 Å². The van der Waals surface area contributed by atoms with E-state index in [0.29, 0.717) is 5.92 Å². The van der Waals surface area contributed by atoms with E-state index in [2.05, 4.69) is 10.2 Å². The molecule has 0 radical (unpaired) electrons. The highest BCUT2D eigenvalue weighted by molar-refractivity contribution is 6.61. The lowest BCUT2D eigenvalue weighted by atomic mass is 9.84. The predicted octanol–water partition coefficient (Wildman–Crippen LogP) is 1.65. The molecule has 0 atom stereocenters. The summed E-state index contributed by atoms with van der Waals surface area (Å²) >= 11 is 0. The molecule has 1 saturated carbocycles. The molecule has 1 aromatic heterocycles. The van der Waals surface area contributed by atoms with Crippen molar-refractivity contribution in [1.82, 2.24) is 10.2 Å². The standard InChI is InChI=1S/C13H19BN2O2/c1-12(2)13(3,4)18-14(17-12)11-8-7-10(15-16-11)9-5-6-9/h7-9H,5-6H2,1-4H3. The smallest absolute Gasteiger partial charge is 0.398 e. The maximum Gasteiger partial charge on any atom is 0.516 e. The molecule has 0 spiro atoms. The van der Waals surface area contributed by atoms with E-state index < -0.39 is 7.12 Å². The predicted molar refractivity (Wildman–Crippen MR) is 69.7 cm³/mol. The van der Waals surface area contributed by atoms with Gasteiger partial charge in [0.25, 0.3) is 0 Å². The number of hydrogen-bond acceptors (Lipinski definition) is 4. The van der Waals surface area contributed by atoms with Crippen LogP contribution in [0.1, 0.15) is 52.1 Å². The largest absolute Gasteiger partial charge is 0.516 e. The van der Waals surface area contributed by atoms with Crippen LogP contribution in [0.3, 0.4) is 0 Å². The number of aromatic nitrogens is 2. The number of hydrogen-bond donors (Lipinski definition) is 0. The van der Waals surface area contributed by atoms with Crippen LogP contribution in [0.5, 0.6) is 0 Å². The summed E-state index contributed by atoms with van der Waals surface area (Å²) in [7, 11) is -0.407. The summed E-state index contributed by atoms with van der Waals surface area (Å²) < 4.78 is 11.9. The second-order valence-electron chi connectivity index (χ2n) is 6.25. The summed E-state index contributed by atoms with van der Waals surface area (Å²) in [6, 6.07) is 4.02. The Hall–Kier alpha value is -0.935. The van der Waals surface area contributed by atoms with Gasteiger partial charge in [-0.15, -0.1) is 0 Å². The van der Waals surface area contributed by atoms with Gasteiger partial charge in [0.05, 0.1) is 22.5 Å². The van der Waals surface area contributed by atoms with Crippen LogP contribution in [-0.4, -0.2) is 28.5 Å². The summed E-state index contributed by atoms with van der Waals surface area (Å²) in [6.45, 7) is 8.16. The Bertz CT molecular complexity index is 439. The van der Waals surface area contributed by atoms with Gasteiger partial charge in [0.15, 0.2) is 0 Å². The highest BCUT2D eigenvalue weighted by atomic mass is 16.7. The van der Waals surface area contributed by atoms with Crippen molar-refractivity contribution in [1.29, 1.82) is 0 Å². The molecule has 0 bridgehead atoms. The second kappa shape index (κ2) is 3.78. The van der Waals surface area contributed by atoms with E-state index in [1.54, 1.807) is 0 Å². The summed E-state index contributed by atoms with van der Waals surface area (Å²) in [4.78, 5) is 0.